The summed E-state index contributed by atoms with van der Waals surface area (Å²) in [6.07, 6.45) is 0. The molecule has 1 aliphatic rings. The van der Waals surface area contributed by atoms with Crippen molar-refractivity contribution >= 4 is 54.0 Å². The molecule has 0 N–H and O–H groups in total. The van der Waals surface area contributed by atoms with E-state index in [1.165, 1.54) is 11.3 Å². The van der Waals surface area contributed by atoms with Gasteiger partial charge in [-0.1, -0.05) is 18.3 Å². The van der Waals surface area contributed by atoms with E-state index in [9.17, 15) is 8.42 Å². The predicted octanol–water partition coefficient (Wildman–Crippen LogP) is 1.61. The van der Waals surface area contributed by atoms with Crippen molar-refractivity contribution in [2.75, 3.05) is 28.7 Å². The number of thioether (sulfide) groups is 1. The predicted molar refractivity (Wildman–Crippen MR) is 75.5 cm³/mol. The number of nitrogens with zero attached hydrogens (tertiary/aromatic N) is 3. The normalized spacial score (nSPS) is 21.8. The second kappa shape index (κ2) is 5.41. The van der Waals surface area contributed by atoms with E-state index in [0.717, 1.165) is 5.75 Å². The van der Waals surface area contributed by atoms with Crippen LogP contribution in [0.1, 0.15) is 6.92 Å². The molecule has 1 fully saturated rings. The van der Waals surface area contributed by atoms with Gasteiger partial charge in [-0.25, -0.2) is 8.42 Å². The lowest BCUT2D eigenvalue weighted by Crippen LogP contribution is -2.48. The van der Waals surface area contributed by atoms with Gasteiger partial charge in [-0.15, -0.1) is 10.2 Å². The molecule has 1 aliphatic heterocycles. The number of rotatable bonds is 3. The molecule has 1 aromatic heterocycles. The summed E-state index contributed by atoms with van der Waals surface area (Å²) in [7, 11) is -3.08. The van der Waals surface area contributed by atoms with Gasteiger partial charge >= 0.3 is 0 Å². The van der Waals surface area contributed by atoms with E-state index in [1.54, 1.807) is 18.7 Å². The van der Waals surface area contributed by atoms with Gasteiger partial charge in [0.1, 0.15) is 5.37 Å². The summed E-state index contributed by atoms with van der Waals surface area (Å²) in [5.74, 6) is 1.69. The summed E-state index contributed by atoms with van der Waals surface area (Å²) in [6, 6.07) is 0. The van der Waals surface area contributed by atoms with Gasteiger partial charge < -0.3 is 4.90 Å². The first-order valence-corrected chi connectivity index (χ1v) is 9.57. The molecule has 1 saturated heterocycles. The zero-order chi connectivity index (χ0) is 12.5. The van der Waals surface area contributed by atoms with Crippen LogP contribution in [0.2, 0.25) is 0 Å². The van der Waals surface area contributed by atoms with Crippen LogP contribution in [0.3, 0.4) is 0 Å². The third kappa shape index (κ3) is 2.94. The molecule has 1 atom stereocenters. The van der Waals surface area contributed by atoms with Crippen molar-refractivity contribution in [3.05, 3.63) is 3.92 Å². The standard InChI is InChI=1S/C8H12BrN3O2S3/c1-2-17(13,14)6-5-15-4-3-12(6)8-11-10-7(9)16-8/h6H,2-5H2,1H3. The first kappa shape index (κ1) is 13.6. The van der Waals surface area contributed by atoms with Crippen LogP contribution >= 0.6 is 39.0 Å². The Morgan fingerprint density at radius 3 is 2.88 bits per heavy atom. The van der Waals surface area contributed by atoms with Crippen LogP contribution in [-0.2, 0) is 9.84 Å². The molecular formula is C8H12BrN3O2S3. The Labute approximate surface area is 117 Å². The van der Waals surface area contributed by atoms with E-state index in [1.807, 2.05) is 4.90 Å². The third-order valence-corrected chi connectivity index (χ3v) is 7.22. The number of sulfone groups is 1. The number of hydrogen-bond acceptors (Lipinski definition) is 7. The fourth-order valence-electron chi connectivity index (χ4n) is 1.60. The van der Waals surface area contributed by atoms with Crippen molar-refractivity contribution in [2.45, 2.75) is 12.3 Å². The molecule has 0 spiro atoms. The van der Waals surface area contributed by atoms with E-state index in [4.69, 9.17) is 0 Å². The highest BCUT2D eigenvalue weighted by Crippen LogP contribution is 2.31. The highest BCUT2D eigenvalue weighted by atomic mass is 79.9. The Hall–Kier alpha value is 0.140. The molecule has 0 saturated carbocycles. The minimum Gasteiger partial charge on any atom is -0.328 e. The van der Waals surface area contributed by atoms with Crippen molar-refractivity contribution < 1.29 is 8.42 Å². The van der Waals surface area contributed by atoms with Crippen molar-refractivity contribution in [1.82, 2.24) is 10.2 Å². The summed E-state index contributed by atoms with van der Waals surface area (Å²) in [5.41, 5.74) is 0. The highest BCUT2D eigenvalue weighted by molar-refractivity contribution is 9.11. The summed E-state index contributed by atoms with van der Waals surface area (Å²) < 4.78 is 24.7. The lowest BCUT2D eigenvalue weighted by atomic mass is 10.5. The van der Waals surface area contributed by atoms with Gasteiger partial charge in [0.15, 0.2) is 13.8 Å². The Morgan fingerprint density at radius 1 is 1.53 bits per heavy atom. The topological polar surface area (TPSA) is 63.2 Å². The zero-order valence-electron chi connectivity index (χ0n) is 9.17. The largest absolute Gasteiger partial charge is 0.328 e. The van der Waals surface area contributed by atoms with Crippen LogP contribution in [0, 0.1) is 0 Å². The molecule has 0 aliphatic carbocycles. The maximum Gasteiger partial charge on any atom is 0.210 e. The quantitative estimate of drug-likeness (QED) is 0.818. The minimum absolute atomic E-state index is 0.161. The van der Waals surface area contributed by atoms with Crippen LogP contribution in [0.4, 0.5) is 5.13 Å². The van der Waals surface area contributed by atoms with E-state index < -0.39 is 15.2 Å². The van der Waals surface area contributed by atoms with E-state index >= 15 is 0 Å². The molecule has 1 aromatic rings. The van der Waals surface area contributed by atoms with Gasteiger partial charge in [-0.05, 0) is 15.9 Å². The molecule has 0 amide bonds. The molecular weight excluding hydrogens is 346 g/mol. The van der Waals surface area contributed by atoms with Crippen LogP contribution in [0.5, 0.6) is 0 Å². The van der Waals surface area contributed by atoms with Crippen molar-refractivity contribution in [3.63, 3.8) is 0 Å². The fourth-order valence-corrected chi connectivity index (χ4v) is 5.80. The van der Waals surface area contributed by atoms with Gasteiger partial charge in [-0.3, -0.25) is 0 Å². The first-order valence-electron chi connectivity index (χ1n) is 5.09. The molecule has 0 aromatic carbocycles. The van der Waals surface area contributed by atoms with Crippen molar-refractivity contribution in [3.8, 4) is 0 Å². The second-order valence-electron chi connectivity index (χ2n) is 3.51. The third-order valence-electron chi connectivity index (χ3n) is 2.54. The molecule has 96 valence electrons. The summed E-state index contributed by atoms with van der Waals surface area (Å²) in [4.78, 5) is 1.86. The van der Waals surface area contributed by atoms with Gasteiger partial charge in [-0.2, -0.15) is 11.8 Å². The molecule has 0 bridgehead atoms. The monoisotopic (exact) mass is 357 g/mol. The summed E-state index contributed by atoms with van der Waals surface area (Å²) in [6.45, 7) is 2.39. The van der Waals surface area contributed by atoms with Crippen LogP contribution in [0.25, 0.3) is 0 Å². The molecule has 2 rings (SSSR count). The second-order valence-corrected chi connectivity index (χ2v) is 9.34. The number of aromatic nitrogens is 2. The number of hydrogen-bond donors (Lipinski definition) is 0. The Balaban J connectivity index is 2.30. The lowest BCUT2D eigenvalue weighted by molar-refractivity contribution is 0.579. The maximum atomic E-state index is 12.0. The summed E-state index contributed by atoms with van der Waals surface area (Å²) in [5, 5.41) is 8.10. The summed E-state index contributed by atoms with van der Waals surface area (Å²) >= 11 is 6.30. The fraction of sp³-hybridized carbons (Fsp3) is 0.750. The first-order chi connectivity index (χ1) is 8.04. The van der Waals surface area contributed by atoms with Gasteiger partial charge in [0.25, 0.3) is 0 Å². The smallest absolute Gasteiger partial charge is 0.210 e. The van der Waals surface area contributed by atoms with Gasteiger partial charge in [0, 0.05) is 23.8 Å². The zero-order valence-corrected chi connectivity index (χ0v) is 13.2. The molecule has 1 unspecified atom stereocenters. The molecule has 17 heavy (non-hydrogen) atoms. The van der Waals surface area contributed by atoms with E-state index in [0.29, 0.717) is 21.3 Å². The van der Waals surface area contributed by atoms with Crippen LogP contribution < -0.4 is 4.90 Å². The van der Waals surface area contributed by atoms with Crippen LogP contribution in [-0.4, -0.2) is 47.8 Å². The molecule has 0 radical (unpaired) electrons. The van der Waals surface area contributed by atoms with Crippen LogP contribution in [0.15, 0.2) is 3.92 Å². The van der Waals surface area contributed by atoms with Gasteiger partial charge in [0.2, 0.25) is 5.13 Å². The number of anilines is 1. The molecule has 2 heterocycles. The van der Waals surface area contributed by atoms with E-state index in [-0.39, 0.29) is 5.75 Å². The van der Waals surface area contributed by atoms with Gasteiger partial charge in [0.05, 0.1) is 0 Å². The van der Waals surface area contributed by atoms with Crippen molar-refractivity contribution in [2.24, 2.45) is 0 Å². The minimum atomic E-state index is -3.08. The Kier molecular flexibility index (Phi) is 4.32. The average Bonchev–Trinajstić information content (AvgIpc) is 2.76. The number of halogens is 1. The average molecular weight is 358 g/mol. The molecule has 9 heteroatoms. The highest BCUT2D eigenvalue weighted by Gasteiger charge is 2.34. The Morgan fingerprint density at radius 2 is 2.29 bits per heavy atom. The maximum absolute atomic E-state index is 12.0. The Bertz CT molecular complexity index is 490. The van der Waals surface area contributed by atoms with E-state index in [2.05, 4.69) is 26.1 Å². The lowest BCUT2D eigenvalue weighted by Gasteiger charge is -2.33. The van der Waals surface area contributed by atoms with Crippen molar-refractivity contribution in [1.29, 1.82) is 0 Å². The molecule has 5 nitrogen and oxygen atoms in total. The SMILES string of the molecule is CCS(=O)(=O)C1CSCCN1c1nnc(Br)s1.